The zero-order valence-electron chi connectivity index (χ0n) is 10.7. The van der Waals surface area contributed by atoms with Gasteiger partial charge in [-0.25, -0.2) is 9.37 Å². The van der Waals surface area contributed by atoms with Gasteiger partial charge in [0.15, 0.2) is 0 Å². The molecule has 0 fully saturated rings. The Bertz CT molecular complexity index is 562. The normalized spacial score (nSPS) is 18.3. The van der Waals surface area contributed by atoms with Crippen LogP contribution in [0, 0.1) is 5.82 Å². The summed E-state index contributed by atoms with van der Waals surface area (Å²) >= 11 is 0. The van der Waals surface area contributed by atoms with Crippen molar-refractivity contribution in [3.05, 3.63) is 53.4 Å². The highest BCUT2D eigenvalue weighted by atomic mass is 19.1. The topological polar surface area (TPSA) is 38.0 Å². The number of imidazole rings is 1. The van der Waals surface area contributed by atoms with Crippen LogP contribution in [0.4, 0.5) is 4.39 Å². The molecule has 4 heteroatoms. The van der Waals surface area contributed by atoms with Gasteiger partial charge in [-0.3, -0.25) is 0 Å². The molecule has 0 spiro atoms. The summed E-state index contributed by atoms with van der Waals surface area (Å²) in [7, 11) is 0. The molecule has 1 aliphatic heterocycles. The van der Waals surface area contributed by atoms with E-state index < -0.39 is 0 Å². The standard InChI is InChI=1S/C15H17FN2O/c16-13-5-3-11(4-6-13)8-15-17-9-14-12(10-19)2-1-7-18(14)15/h3-6,9,12,19H,1-2,7-8,10H2. The average Bonchev–Trinajstić information content (AvgIpc) is 2.84. The van der Waals surface area contributed by atoms with Crippen molar-refractivity contribution in [1.82, 2.24) is 9.55 Å². The van der Waals surface area contributed by atoms with E-state index in [9.17, 15) is 9.50 Å². The van der Waals surface area contributed by atoms with Crippen molar-refractivity contribution < 1.29 is 9.50 Å². The van der Waals surface area contributed by atoms with Crippen molar-refractivity contribution in [1.29, 1.82) is 0 Å². The molecular weight excluding hydrogens is 243 g/mol. The van der Waals surface area contributed by atoms with E-state index in [0.717, 1.165) is 36.5 Å². The first-order valence-corrected chi connectivity index (χ1v) is 6.67. The molecule has 1 unspecified atom stereocenters. The highest BCUT2D eigenvalue weighted by Gasteiger charge is 2.22. The maximum atomic E-state index is 12.9. The molecular formula is C15H17FN2O. The maximum absolute atomic E-state index is 12.9. The molecule has 0 amide bonds. The van der Waals surface area contributed by atoms with E-state index in [1.54, 1.807) is 12.1 Å². The summed E-state index contributed by atoms with van der Waals surface area (Å²) < 4.78 is 15.1. The van der Waals surface area contributed by atoms with Crippen LogP contribution in [-0.2, 0) is 13.0 Å². The van der Waals surface area contributed by atoms with Gasteiger partial charge in [0.05, 0.1) is 6.61 Å². The van der Waals surface area contributed by atoms with Crippen molar-refractivity contribution in [2.24, 2.45) is 0 Å². The van der Waals surface area contributed by atoms with Crippen molar-refractivity contribution in [3.8, 4) is 0 Å². The van der Waals surface area contributed by atoms with Gasteiger partial charge >= 0.3 is 0 Å². The molecule has 1 aliphatic rings. The quantitative estimate of drug-likeness (QED) is 0.920. The molecule has 3 rings (SSSR count). The molecule has 0 bridgehead atoms. The van der Waals surface area contributed by atoms with Crippen LogP contribution in [0.25, 0.3) is 0 Å². The summed E-state index contributed by atoms with van der Waals surface area (Å²) in [6, 6.07) is 6.55. The van der Waals surface area contributed by atoms with Gasteiger partial charge in [0.2, 0.25) is 0 Å². The minimum atomic E-state index is -0.214. The van der Waals surface area contributed by atoms with E-state index in [2.05, 4.69) is 9.55 Å². The summed E-state index contributed by atoms with van der Waals surface area (Å²) in [5, 5.41) is 9.38. The highest BCUT2D eigenvalue weighted by molar-refractivity contribution is 5.22. The zero-order valence-corrected chi connectivity index (χ0v) is 10.7. The average molecular weight is 260 g/mol. The van der Waals surface area contributed by atoms with Gasteiger partial charge in [0, 0.05) is 30.8 Å². The number of benzene rings is 1. The third-order valence-corrected chi connectivity index (χ3v) is 3.82. The van der Waals surface area contributed by atoms with E-state index in [4.69, 9.17) is 0 Å². The second-order valence-corrected chi connectivity index (χ2v) is 5.08. The molecule has 0 saturated carbocycles. The van der Waals surface area contributed by atoms with Gasteiger partial charge in [-0.2, -0.15) is 0 Å². The lowest BCUT2D eigenvalue weighted by Crippen LogP contribution is -2.19. The van der Waals surface area contributed by atoms with Crippen LogP contribution in [0.2, 0.25) is 0 Å². The zero-order chi connectivity index (χ0) is 13.2. The first-order chi connectivity index (χ1) is 9.28. The third-order valence-electron chi connectivity index (χ3n) is 3.82. The third kappa shape index (κ3) is 2.40. The number of aliphatic hydroxyl groups excluding tert-OH is 1. The fraction of sp³-hybridized carbons (Fsp3) is 0.400. The first-order valence-electron chi connectivity index (χ1n) is 6.67. The summed E-state index contributed by atoms with van der Waals surface area (Å²) in [4.78, 5) is 4.47. The Balaban J connectivity index is 1.86. The Morgan fingerprint density at radius 2 is 2.11 bits per heavy atom. The smallest absolute Gasteiger partial charge is 0.123 e. The molecule has 1 aromatic heterocycles. The number of fused-ring (bicyclic) bond motifs is 1. The Hall–Kier alpha value is -1.68. The largest absolute Gasteiger partial charge is 0.396 e. The number of aliphatic hydroxyl groups is 1. The molecule has 1 atom stereocenters. The number of hydrogen-bond acceptors (Lipinski definition) is 2. The fourth-order valence-corrected chi connectivity index (χ4v) is 2.77. The van der Waals surface area contributed by atoms with Crippen molar-refractivity contribution in [2.45, 2.75) is 31.7 Å². The fourth-order valence-electron chi connectivity index (χ4n) is 2.77. The monoisotopic (exact) mass is 260 g/mol. The van der Waals surface area contributed by atoms with Gasteiger partial charge in [-0.15, -0.1) is 0 Å². The van der Waals surface area contributed by atoms with E-state index in [-0.39, 0.29) is 18.3 Å². The molecule has 100 valence electrons. The number of halogens is 1. The van der Waals surface area contributed by atoms with Gasteiger partial charge in [0.25, 0.3) is 0 Å². The van der Waals surface area contributed by atoms with Gasteiger partial charge < -0.3 is 9.67 Å². The highest BCUT2D eigenvalue weighted by Crippen LogP contribution is 2.28. The molecule has 3 nitrogen and oxygen atoms in total. The van der Waals surface area contributed by atoms with E-state index in [0.29, 0.717) is 6.42 Å². The predicted molar refractivity (Wildman–Crippen MR) is 70.5 cm³/mol. The van der Waals surface area contributed by atoms with Crippen LogP contribution >= 0.6 is 0 Å². The Kier molecular flexibility index (Phi) is 3.34. The minimum Gasteiger partial charge on any atom is -0.396 e. The number of hydrogen-bond donors (Lipinski definition) is 1. The Labute approximate surface area is 111 Å². The second kappa shape index (κ2) is 5.13. The van der Waals surface area contributed by atoms with Gasteiger partial charge in [-0.1, -0.05) is 12.1 Å². The van der Waals surface area contributed by atoms with Gasteiger partial charge in [-0.05, 0) is 30.5 Å². The summed E-state index contributed by atoms with van der Waals surface area (Å²) in [6.07, 6.45) is 4.68. The number of rotatable bonds is 3. The van der Waals surface area contributed by atoms with Crippen molar-refractivity contribution in [3.63, 3.8) is 0 Å². The summed E-state index contributed by atoms with van der Waals surface area (Å²) in [5.41, 5.74) is 2.19. The maximum Gasteiger partial charge on any atom is 0.123 e. The van der Waals surface area contributed by atoms with Crippen LogP contribution in [-0.4, -0.2) is 21.3 Å². The van der Waals surface area contributed by atoms with E-state index in [1.165, 1.54) is 12.1 Å². The SMILES string of the molecule is OCC1CCCn2c1cnc2Cc1ccc(F)cc1. The molecule has 0 radical (unpaired) electrons. The molecule has 0 aliphatic carbocycles. The van der Waals surface area contributed by atoms with Gasteiger partial charge in [0.1, 0.15) is 11.6 Å². The van der Waals surface area contributed by atoms with Crippen LogP contribution in [0.15, 0.2) is 30.5 Å². The number of nitrogens with zero attached hydrogens (tertiary/aromatic N) is 2. The Morgan fingerprint density at radius 1 is 1.32 bits per heavy atom. The lowest BCUT2D eigenvalue weighted by atomic mass is 9.97. The molecule has 19 heavy (non-hydrogen) atoms. The molecule has 0 saturated heterocycles. The summed E-state index contributed by atoms with van der Waals surface area (Å²) in [6.45, 7) is 1.14. The Morgan fingerprint density at radius 3 is 2.84 bits per heavy atom. The van der Waals surface area contributed by atoms with Crippen LogP contribution < -0.4 is 0 Å². The molecule has 2 aromatic rings. The summed E-state index contributed by atoms with van der Waals surface area (Å²) in [5.74, 6) is 0.997. The van der Waals surface area contributed by atoms with E-state index >= 15 is 0 Å². The molecule has 1 N–H and O–H groups in total. The van der Waals surface area contributed by atoms with Crippen LogP contribution in [0.5, 0.6) is 0 Å². The van der Waals surface area contributed by atoms with Crippen LogP contribution in [0.1, 0.15) is 35.8 Å². The molecule has 1 aromatic carbocycles. The minimum absolute atomic E-state index is 0.182. The van der Waals surface area contributed by atoms with E-state index in [1.807, 2.05) is 6.20 Å². The van der Waals surface area contributed by atoms with Crippen molar-refractivity contribution >= 4 is 0 Å². The predicted octanol–water partition coefficient (Wildman–Crippen LogP) is 2.48. The lowest BCUT2D eigenvalue weighted by Gasteiger charge is -2.23. The van der Waals surface area contributed by atoms with Crippen LogP contribution in [0.3, 0.4) is 0 Å². The lowest BCUT2D eigenvalue weighted by molar-refractivity contribution is 0.240. The second-order valence-electron chi connectivity index (χ2n) is 5.08. The molecule has 2 heterocycles. The first kappa shape index (κ1) is 12.4. The number of aromatic nitrogens is 2. The van der Waals surface area contributed by atoms with Crippen molar-refractivity contribution in [2.75, 3.05) is 6.61 Å².